The molecule has 1 atom stereocenters. The molecule has 30 heavy (non-hydrogen) atoms. The van der Waals surface area contributed by atoms with E-state index in [0.717, 1.165) is 12.2 Å². The lowest BCUT2D eigenvalue weighted by Gasteiger charge is -2.16. The Morgan fingerprint density at radius 1 is 0.900 bits per heavy atom. The molecule has 0 spiro atoms. The van der Waals surface area contributed by atoms with Gasteiger partial charge in [-0.1, -0.05) is 44.2 Å². The van der Waals surface area contributed by atoms with Crippen LogP contribution in [0.15, 0.2) is 54.1 Å². The van der Waals surface area contributed by atoms with Crippen LogP contribution in [-0.4, -0.2) is 31.1 Å². The summed E-state index contributed by atoms with van der Waals surface area (Å²) in [6, 6.07) is 14.1. The molecule has 2 aromatic rings. The van der Waals surface area contributed by atoms with Gasteiger partial charge in [-0.3, -0.25) is 20.2 Å². The molecular weight excluding hydrogens is 384 g/mol. The molecule has 1 aliphatic rings. The highest BCUT2D eigenvalue weighted by atomic mass is 16.5. The third kappa shape index (κ3) is 5.26. The fourth-order valence-corrected chi connectivity index (χ4v) is 2.98. The molecule has 2 aromatic carbocycles. The number of carbonyl (C=O) groups is 3. The summed E-state index contributed by atoms with van der Waals surface area (Å²) in [6.45, 7) is 5.11. The first-order chi connectivity index (χ1) is 14.5. The second-order valence-electron chi connectivity index (χ2n) is 6.91. The van der Waals surface area contributed by atoms with E-state index in [1.54, 1.807) is 24.3 Å². The van der Waals surface area contributed by atoms with Gasteiger partial charge in [0.2, 0.25) is 0 Å². The van der Waals surface area contributed by atoms with Crippen LogP contribution in [0.5, 0.6) is 11.5 Å². The summed E-state index contributed by atoms with van der Waals surface area (Å²) in [5.41, 5.74) is 1.70. The number of urea groups is 1. The first-order valence-corrected chi connectivity index (χ1v) is 9.81. The molecule has 0 radical (unpaired) electrons. The van der Waals surface area contributed by atoms with Gasteiger partial charge in [0.15, 0.2) is 0 Å². The molecule has 1 aliphatic heterocycles. The van der Waals surface area contributed by atoms with E-state index < -0.39 is 17.8 Å². The Balaban J connectivity index is 1.54. The second kappa shape index (κ2) is 9.73. The van der Waals surface area contributed by atoms with Crippen LogP contribution in [0.4, 0.5) is 4.79 Å². The fraction of sp³-hybridized carbons (Fsp3) is 0.261. The maximum Gasteiger partial charge on any atom is 0.328 e. The molecule has 7 nitrogen and oxygen atoms in total. The van der Waals surface area contributed by atoms with Gasteiger partial charge in [-0.2, -0.15) is 0 Å². The maximum absolute atomic E-state index is 11.8. The zero-order chi connectivity index (χ0) is 21.5. The van der Waals surface area contributed by atoms with Gasteiger partial charge in [-0.15, -0.1) is 0 Å². The average Bonchev–Trinajstić information content (AvgIpc) is 2.74. The number of carbonyl (C=O) groups excluding carboxylic acids is 3. The van der Waals surface area contributed by atoms with Crippen LogP contribution in [0, 0.1) is 0 Å². The molecule has 0 bridgehead atoms. The Bertz CT molecular complexity index is 944. The van der Waals surface area contributed by atoms with Gasteiger partial charge in [-0.25, -0.2) is 4.79 Å². The molecule has 4 amide bonds. The molecule has 1 saturated heterocycles. The van der Waals surface area contributed by atoms with Gasteiger partial charge in [-0.05, 0) is 47.7 Å². The summed E-state index contributed by atoms with van der Waals surface area (Å²) >= 11 is 0. The van der Waals surface area contributed by atoms with Crippen molar-refractivity contribution in [1.29, 1.82) is 0 Å². The Morgan fingerprint density at radius 2 is 1.53 bits per heavy atom. The number of ether oxygens (including phenoxy) is 2. The minimum absolute atomic E-state index is 0.128. The summed E-state index contributed by atoms with van der Waals surface area (Å²) in [5.74, 6) is 0.497. The molecule has 156 valence electrons. The van der Waals surface area contributed by atoms with Crippen LogP contribution in [-0.2, 0) is 9.59 Å². The van der Waals surface area contributed by atoms with Crippen molar-refractivity contribution in [3.8, 4) is 11.5 Å². The van der Waals surface area contributed by atoms with Crippen LogP contribution in [0.2, 0.25) is 0 Å². The van der Waals surface area contributed by atoms with E-state index in [1.165, 1.54) is 11.6 Å². The Hall–Kier alpha value is -3.61. The largest absolute Gasteiger partial charge is 0.490 e. The van der Waals surface area contributed by atoms with Gasteiger partial charge in [0.05, 0.1) is 0 Å². The van der Waals surface area contributed by atoms with Crippen LogP contribution in [0.25, 0.3) is 6.08 Å². The summed E-state index contributed by atoms with van der Waals surface area (Å²) in [4.78, 5) is 34.6. The second-order valence-corrected chi connectivity index (χ2v) is 6.91. The van der Waals surface area contributed by atoms with Crippen molar-refractivity contribution < 1.29 is 23.9 Å². The van der Waals surface area contributed by atoms with Crippen LogP contribution in [0.3, 0.4) is 0 Å². The van der Waals surface area contributed by atoms with E-state index in [0.29, 0.717) is 30.4 Å². The number of para-hydroxylation sites is 1. The third-order valence-corrected chi connectivity index (χ3v) is 4.81. The van der Waals surface area contributed by atoms with E-state index >= 15 is 0 Å². The highest BCUT2D eigenvalue weighted by Crippen LogP contribution is 2.28. The SMILES string of the molecule is CC[C@@H](C)c1ccccc1OCCOc1ccc(C=C2C(=O)NC(=O)NC2=O)cc1. The quantitative estimate of drug-likeness (QED) is 0.397. The van der Waals surface area contributed by atoms with E-state index in [1.807, 2.05) is 28.8 Å². The topological polar surface area (TPSA) is 93.7 Å². The maximum atomic E-state index is 11.8. The minimum atomic E-state index is -0.820. The minimum Gasteiger partial charge on any atom is -0.490 e. The van der Waals surface area contributed by atoms with Gasteiger partial charge in [0.25, 0.3) is 11.8 Å². The number of hydrogen-bond acceptors (Lipinski definition) is 5. The van der Waals surface area contributed by atoms with E-state index in [2.05, 4.69) is 19.9 Å². The Labute approximate surface area is 175 Å². The molecule has 3 rings (SSSR count). The van der Waals surface area contributed by atoms with Crippen LogP contribution >= 0.6 is 0 Å². The molecule has 7 heteroatoms. The zero-order valence-electron chi connectivity index (χ0n) is 16.9. The van der Waals surface area contributed by atoms with E-state index in [9.17, 15) is 14.4 Å². The van der Waals surface area contributed by atoms with E-state index in [-0.39, 0.29) is 5.57 Å². The van der Waals surface area contributed by atoms with Gasteiger partial charge in [0, 0.05) is 0 Å². The van der Waals surface area contributed by atoms with Crippen molar-refractivity contribution in [1.82, 2.24) is 10.6 Å². The van der Waals surface area contributed by atoms with Crippen molar-refractivity contribution in [2.45, 2.75) is 26.2 Å². The predicted octanol–water partition coefficient (Wildman–Crippen LogP) is 3.41. The lowest BCUT2D eigenvalue weighted by molar-refractivity contribution is -0.123. The molecule has 1 heterocycles. The Kier molecular flexibility index (Phi) is 6.85. The fourth-order valence-electron chi connectivity index (χ4n) is 2.98. The van der Waals surface area contributed by atoms with Gasteiger partial charge >= 0.3 is 6.03 Å². The number of imide groups is 2. The van der Waals surface area contributed by atoms with Crippen molar-refractivity contribution in [3.63, 3.8) is 0 Å². The van der Waals surface area contributed by atoms with Crippen molar-refractivity contribution >= 4 is 23.9 Å². The lowest BCUT2D eigenvalue weighted by atomic mass is 9.98. The zero-order valence-corrected chi connectivity index (χ0v) is 16.9. The number of amides is 4. The van der Waals surface area contributed by atoms with Crippen LogP contribution in [0.1, 0.15) is 37.3 Å². The highest BCUT2D eigenvalue weighted by Gasteiger charge is 2.27. The van der Waals surface area contributed by atoms with Gasteiger partial charge in [0.1, 0.15) is 30.3 Å². The summed E-state index contributed by atoms with van der Waals surface area (Å²) < 4.78 is 11.6. The van der Waals surface area contributed by atoms with E-state index in [4.69, 9.17) is 9.47 Å². The third-order valence-electron chi connectivity index (χ3n) is 4.81. The molecule has 0 saturated carbocycles. The summed E-state index contributed by atoms with van der Waals surface area (Å²) in [6.07, 6.45) is 2.45. The standard InChI is InChI=1S/C23H24N2O5/c1-3-15(2)18-6-4-5-7-20(18)30-13-12-29-17-10-8-16(9-11-17)14-19-21(26)24-23(28)25-22(19)27/h4-11,14-15H,3,12-13H2,1-2H3,(H2,24,25,26,27,28)/t15-/m1/s1. The number of barbiturate groups is 1. The van der Waals surface area contributed by atoms with Crippen molar-refractivity contribution in [2.24, 2.45) is 0 Å². The smallest absolute Gasteiger partial charge is 0.328 e. The lowest BCUT2D eigenvalue weighted by Crippen LogP contribution is -2.51. The first-order valence-electron chi connectivity index (χ1n) is 9.81. The van der Waals surface area contributed by atoms with Crippen LogP contribution < -0.4 is 20.1 Å². The number of benzene rings is 2. The summed E-state index contributed by atoms with van der Waals surface area (Å²) in [5, 5.41) is 4.07. The monoisotopic (exact) mass is 408 g/mol. The van der Waals surface area contributed by atoms with Gasteiger partial charge < -0.3 is 9.47 Å². The van der Waals surface area contributed by atoms with Crippen molar-refractivity contribution in [2.75, 3.05) is 13.2 Å². The molecular formula is C23H24N2O5. The molecule has 0 unspecified atom stereocenters. The molecule has 1 fully saturated rings. The first kappa shape index (κ1) is 21.1. The normalized spacial score (nSPS) is 14.6. The number of hydrogen-bond donors (Lipinski definition) is 2. The van der Waals surface area contributed by atoms with Crippen molar-refractivity contribution in [3.05, 3.63) is 65.2 Å². The highest BCUT2D eigenvalue weighted by molar-refractivity contribution is 6.31. The molecule has 2 N–H and O–H groups in total. The Morgan fingerprint density at radius 3 is 2.20 bits per heavy atom. The average molecular weight is 408 g/mol. The number of rotatable bonds is 8. The summed E-state index contributed by atoms with van der Waals surface area (Å²) in [7, 11) is 0. The number of nitrogens with one attached hydrogen (secondary N) is 2. The molecule has 0 aliphatic carbocycles. The molecule has 0 aromatic heterocycles. The predicted molar refractivity (Wildman–Crippen MR) is 112 cm³/mol.